The quantitative estimate of drug-likeness (QED) is 0.589. The molecule has 0 atom stereocenters. The minimum atomic E-state index is -0.0624. The number of benzene rings is 2. The molecule has 0 N–H and O–H groups in total. The molecule has 3 aromatic rings. The van der Waals surface area contributed by atoms with Crippen LogP contribution in [0.4, 0.5) is 0 Å². The second-order valence-electron chi connectivity index (χ2n) is 7.15. The molecule has 0 radical (unpaired) electrons. The van der Waals surface area contributed by atoms with Gasteiger partial charge in [0, 0.05) is 32.4 Å². The monoisotopic (exact) mass is 395 g/mol. The predicted molar refractivity (Wildman–Crippen MR) is 112 cm³/mol. The van der Waals surface area contributed by atoms with Gasteiger partial charge in [0.25, 0.3) is 0 Å². The zero-order valence-electron chi connectivity index (χ0n) is 17.0. The van der Waals surface area contributed by atoms with Crippen molar-refractivity contribution in [1.82, 2.24) is 4.90 Å². The van der Waals surface area contributed by atoms with Gasteiger partial charge in [-0.05, 0) is 31.5 Å². The number of ether oxygens (including phenoxy) is 3. The van der Waals surface area contributed by atoms with Crippen molar-refractivity contribution in [3.63, 3.8) is 0 Å². The van der Waals surface area contributed by atoms with Crippen molar-refractivity contribution in [2.24, 2.45) is 0 Å². The smallest absolute Gasteiger partial charge is 0.200 e. The zero-order valence-corrected chi connectivity index (χ0v) is 17.0. The summed E-state index contributed by atoms with van der Waals surface area (Å²) in [7, 11) is 3.30. The Bertz CT molecular complexity index is 1090. The molecule has 0 saturated heterocycles. The van der Waals surface area contributed by atoms with E-state index in [1.807, 2.05) is 37.3 Å². The van der Waals surface area contributed by atoms with Crippen LogP contribution in [0.5, 0.6) is 11.5 Å². The first-order valence-electron chi connectivity index (χ1n) is 9.70. The minimum absolute atomic E-state index is 0.0624. The molecule has 0 bridgehead atoms. The van der Waals surface area contributed by atoms with Gasteiger partial charge in [-0.2, -0.15) is 0 Å². The standard InChI is InChI=1S/C23H25NO5/c1-15-21(16-7-4-5-8-19(16)27-3)22(25)17-9-10-20-18(23(17)29-15)13-24(14-28-20)11-6-12-26-2/h4-5,7-10H,6,11-14H2,1-3H3. The second kappa shape index (κ2) is 8.27. The van der Waals surface area contributed by atoms with Gasteiger partial charge < -0.3 is 18.6 Å². The van der Waals surface area contributed by atoms with Crippen LogP contribution in [0.3, 0.4) is 0 Å². The maximum absolute atomic E-state index is 13.4. The van der Waals surface area contributed by atoms with Crippen LogP contribution in [-0.4, -0.2) is 39.0 Å². The number of nitrogens with zero attached hydrogens (tertiary/aromatic N) is 1. The molecule has 2 heterocycles. The van der Waals surface area contributed by atoms with Crippen LogP contribution in [-0.2, 0) is 11.3 Å². The van der Waals surface area contributed by atoms with Crippen LogP contribution in [0.25, 0.3) is 22.1 Å². The number of hydrogen-bond donors (Lipinski definition) is 0. The summed E-state index contributed by atoms with van der Waals surface area (Å²) < 4.78 is 22.7. The minimum Gasteiger partial charge on any atom is -0.496 e. The fraction of sp³-hybridized carbons (Fsp3) is 0.348. The summed E-state index contributed by atoms with van der Waals surface area (Å²) in [6, 6.07) is 11.1. The molecule has 0 spiro atoms. The summed E-state index contributed by atoms with van der Waals surface area (Å²) in [5.74, 6) is 1.98. The number of rotatable bonds is 6. The number of methoxy groups -OCH3 is 2. The Hall–Kier alpha value is -2.83. The maximum Gasteiger partial charge on any atom is 0.200 e. The lowest BCUT2D eigenvalue weighted by Gasteiger charge is -2.29. The van der Waals surface area contributed by atoms with E-state index in [2.05, 4.69) is 4.90 Å². The van der Waals surface area contributed by atoms with E-state index in [1.54, 1.807) is 20.3 Å². The van der Waals surface area contributed by atoms with E-state index >= 15 is 0 Å². The summed E-state index contributed by atoms with van der Waals surface area (Å²) in [6.07, 6.45) is 0.918. The molecule has 6 nitrogen and oxygen atoms in total. The molecule has 0 saturated carbocycles. The summed E-state index contributed by atoms with van der Waals surface area (Å²) >= 11 is 0. The Kier molecular flexibility index (Phi) is 5.56. The van der Waals surface area contributed by atoms with E-state index in [4.69, 9.17) is 18.6 Å². The van der Waals surface area contributed by atoms with Crippen LogP contribution >= 0.6 is 0 Å². The summed E-state index contributed by atoms with van der Waals surface area (Å²) in [4.78, 5) is 15.6. The molecule has 152 valence electrons. The fourth-order valence-electron chi connectivity index (χ4n) is 3.86. The van der Waals surface area contributed by atoms with Crippen LogP contribution in [0.2, 0.25) is 0 Å². The Balaban J connectivity index is 1.81. The molecule has 2 aromatic carbocycles. The second-order valence-corrected chi connectivity index (χ2v) is 7.15. The molecule has 0 aliphatic carbocycles. The molecule has 29 heavy (non-hydrogen) atoms. The van der Waals surface area contributed by atoms with Gasteiger partial charge >= 0.3 is 0 Å². The van der Waals surface area contributed by atoms with E-state index in [0.29, 0.717) is 47.9 Å². The molecular weight excluding hydrogens is 370 g/mol. The number of hydrogen-bond acceptors (Lipinski definition) is 6. The number of aryl methyl sites for hydroxylation is 1. The molecule has 0 fully saturated rings. The van der Waals surface area contributed by atoms with Crippen molar-refractivity contribution in [3.8, 4) is 22.6 Å². The van der Waals surface area contributed by atoms with E-state index < -0.39 is 0 Å². The first-order valence-corrected chi connectivity index (χ1v) is 9.70. The summed E-state index contributed by atoms with van der Waals surface area (Å²) in [6.45, 7) is 4.57. The van der Waals surface area contributed by atoms with E-state index in [-0.39, 0.29) is 5.43 Å². The van der Waals surface area contributed by atoms with Gasteiger partial charge in [0.15, 0.2) is 0 Å². The molecule has 1 aliphatic heterocycles. The third kappa shape index (κ3) is 3.61. The van der Waals surface area contributed by atoms with Crippen LogP contribution in [0, 0.1) is 6.92 Å². The highest BCUT2D eigenvalue weighted by Gasteiger charge is 2.24. The molecule has 6 heteroatoms. The van der Waals surface area contributed by atoms with E-state index in [1.165, 1.54) is 0 Å². The molecule has 0 unspecified atom stereocenters. The van der Waals surface area contributed by atoms with Gasteiger partial charge in [0.05, 0.1) is 23.6 Å². The predicted octanol–water partition coefficient (Wildman–Crippen LogP) is 3.97. The Morgan fingerprint density at radius 2 is 1.97 bits per heavy atom. The number of fused-ring (bicyclic) bond motifs is 3. The topological polar surface area (TPSA) is 61.1 Å². The Labute approximate surface area is 169 Å². The van der Waals surface area contributed by atoms with Crippen molar-refractivity contribution in [3.05, 3.63) is 57.9 Å². The van der Waals surface area contributed by atoms with Crippen molar-refractivity contribution in [1.29, 1.82) is 0 Å². The van der Waals surface area contributed by atoms with Crippen molar-refractivity contribution >= 4 is 11.0 Å². The van der Waals surface area contributed by atoms with Gasteiger partial charge in [-0.3, -0.25) is 9.69 Å². The largest absolute Gasteiger partial charge is 0.496 e. The average molecular weight is 395 g/mol. The first kappa shape index (κ1) is 19.5. The van der Waals surface area contributed by atoms with Gasteiger partial charge in [0.1, 0.15) is 29.6 Å². The lowest BCUT2D eigenvalue weighted by molar-refractivity contribution is 0.0838. The highest BCUT2D eigenvalue weighted by atomic mass is 16.5. The molecule has 1 aliphatic rings. The Morgan fingerprint density at radius 1 is 1.14 bits per heavy atom. The van der Waals surface area contributed by atoms with Crippen LogP contribution in [0.15, 0.2) is 45.6 Å². The maximum atomic E-state index is 13.4. The Morgan fingerprint density at radius 3 is 2.76 bits per heavy atom. The lowest BCUT2D eigenvalue weighted by Crippen LogP contribution is -2.33. The third-order valence-corrected chi connectivity index (χ3v) is 5.28. The highest BCUT2D eigenvalue weighted by molar-refractivity contribution is 5.87. The molecule has 0 amide bonds. The van der Waals surface area contributed by atoms with Crippen molar-refractivity contribution < 1.29 is 18.6 Å². The van der Waals surface area contributed by atoms with Crippen molar-refractivity contribution in [2.75, 3.05) is 34.1 Å². The zero-order chi connectivity index (χ0) is 20.4. The third-order valence-electron chi connectivity index (χ3n) is 5.28. The molecular formula is C23H25NO5. The van der Waals surface area contributed by atoms with Gasteiger partial charge in [0.2, 0.25) is 5.43 Å². The van der Waals surface area contributed by atoms with Crippen LogP contribution in [0.1, 0.15) is 17.7 Å². The highest BCUT2D eigenvalue weighted by Crippen LogP contribution is 2.35. The first-order chi connectivity index (χ1) is 14.1. The van der Waals surface area contributed by atoms with E-state index in [9.17, 15) is 4.79 Å². The molecule has 1 aromatic heterocycles. The molecule has 4 rings (SSSR count). The van der Waals surface area contributed by atoms with Gasteiger partial charge in [-0.15, -0.1) is 0 Å². The lowest BCUT2D eigenvalue weighted by atomic mass is 10.00. The van der Waals surface area contributed by atoms with E-state index in [0.717, 1.165) is 29.8 Å². The average Bonchev–Trinajstić information content (AvgIpc) is 2.74. The van der Waals surface area contributed by atoms with Crippen molar-refractivity contribution in [2.45, 2.75) is 19.9 Å². The summed E-state index contributed by atoms with van der Waals surface area (Å²) in [5, 5.41) is 0.553. The fourth-order valence-corrected chi connectivity index (χ4v) is 3.86. The summed E-state index contributed by atoms with van der Waals surface area (Å²) in [5.41, 5.74) is 2.72. The number of para-hydroxylation sites is 1. The van der Waals surface area contributed by atoms with Gasteiger partial charge in [-0.1, -0.05) is 18.2 Å². The van der Waals surface area contributed by atoms with Gasteiger partial charge in [-0.25, -0.2) is 0 Å². The SMILES string of the molecule is COCCCN1COc2ccc3c(=O)c(-c4ccccc4OC)c(C)oc3c2C1. The van der Waals surface area contributed by atoms with Crippen LogP contribution < -0.4 is 14.9 Å². The normalized spacial score (nSPS) is 13.9.